The maximum atomic E-state index is 10.2. The number of hydrogen-bond acceptors (Lipinski definition) is 3. The second kappa shape index (κ2) is 3.87. The van der Waals surface area contributed by atoms with Crippen molar-refractivity contribution in [2.75, 3.05) is 0 Å². The van der Waals surface area contributed by atoms with E-state index < -0.39 is 5.54 Å². The molecule has 0 bridgehead atoms. The van der Waals surface area contributed by atoms with Crippen molar-refractivity contribution in [1.82, 2.24) is 0 Å². The number of nitriles is 1. The summed E-state index contributed by atoms with van der Waals surface area (Å²) in [7, 11) is 0. The zero-order chi connectivity index (χ0) is 10.6. The van der Waals surface area contributed by atoms with Crippen LogP contribution in [0, 0.1) is 11.3 Å². The maximum Gasteiger partial charge on any atom is 0.235 e. The summed E-state index contributed by atoms with van der Waals surface area (Å²) in [5.74, 6) is 0. The third-order valence-corrected chi connectivity index (χ3v) is 2.05. The van der Waals surface area contributed by atoms with E-state index in [2.05, 4.69) is 4.99 Å². The summed E-state index contributed by atoms with van der Waals surface area (Å²) < 4.78 is 0. The molecule has 0 radical (unpaired) electrons. The number of aliphatic imine (C=N–C) groups is 1. The van der Waals surface area contributed by atoms with Crippen LogP contribution in [0.5, 0.6) is 0 Å². The van der Waals surface area contributed by atoms with E-state index in [9.17, 15) is 4.79 Å². The Hall–Kier alpha value is -1.91. The van der Waals surface area contributed by atoms with Crippen molar-refractivity contribution in [3.05, 3.63) is 35.4 Å². The number of isocyanates is 1. The van der Waals surface area contributed by atoms with Crippen LogP contribution in [-0.2, 0) is 10.3 Å². The van der Waals surface area contributed by atoms with Gasteiger partial charge in [0.2, 0.25) is 6.08 Å². The normalized spacial score (nSPS) is 10.1. The van der Waals surface area contributed by atoms with Crippen LogP contribution in [0.2, 0.25) is 0 Å². The van der Waals surface area contributed by atoms with Crippen molar-refractivity contribution in [2.24, 2.45) is 4.99 Å². The van der Waals surface area contributed by atoms with Crippen LogP contribution in [0.4, 0.5) is 0 Å². The van der Waals surface area contributed by atoms with Crippen molar-refractivity contribution < 1.29 is 4.79 Å². The van der Waals surface area contributed by atoms with E-state index in [1.54, 1.807) is 30.3 Å². The Kier molecular flexibility index (Phi) is 2.81. The average molecular weight is 186 g/mol. The predicted molar refractivity (Wildman–Crippen MR) is 52.3 cm³/mol. The van der Waals surface area contributed by atoms with Crippen molar-refractivity contribution in [3.63, 3.8) is 0 Å². The van der Waals surface area contributed by atoms with E-state index in [0.29, 0.717) is 5.56 Å². The molecule has 0 unspecified atom stereocenters. The molecule has 3 nitrogen and oxygen atoms in total. The SMILES string of the molecule is CC(C)(N=C=O)c1ccc(C#N)cc1. The van der Waals surface area contributed by atoms with Gasteiger partial charge in [-0.15, -0.1) is 0 Å². The molecule has 0 aliphatic rings. The van der Waals surface area contributed by atoms with Crippen LogP contribution < -0.4 is 0 Å². The lowest BCUT2D eigenvalue weighted by molar-refractivity contribution is 0.523. The summed E-state index contributed by atoms with van der Waals surface area (Å²) in [5.41, 5.74) is 0.912. The summed E-state index contributed by atoms with van der Waals surface area (Å²) in [6.45, 7) is 3.64. The van der Waals surface area contributed by atoms with Gasteiger partial charge < -0.3 is 0 Å². The molecule has 0 atom stereocenters. The van der Waals surface area contributed by atoms with Gasteiger partial charge in [-0.2, -0.15) is 10.3 Å². The van der Waals surface area contributed by atoms with Gasteiger partial charge in [-0.3, -0.25) is 0 Å². The van der Waals surface area contributed by atoms with Crippen molar-refractivity contribution in [2.45, 2.75) is 19.4 Å². The van der Waals surface area contributed by atoms with Gasteiger partial charge in [-0.1, -0.05) is 12.1 Å². The summed E-state index contributed by atoms with van der Waals surface area (Å²) in [5, 5.41) is 8.60. The number of hydrogen-bond donors (Lipinski definition) is 0. The summed E-state index contributed by atoms with van der Waals surface area (Å²) in [6.07, 6.45) is 1.55. The van der Waals surface area contributed by atoms with Gasteiger partial charge in [0.25, 0.3) is 0 Å². The Morgan fingerprint density at radius 2 is 1.86 bits per heavy atom. The van der Waals surface area contributed by atoms with Crippen LogP contribution in [-0.4, -0.2) is 6.08 Å². The highest BCUT2D eigenvalue weighted by Gasteiger charge is 2.18. The van der Waals surface area contributed by atoms with E-state index in [-0.39, 0.29) is 0 Å². The molecule has 0 N–H and O–H groups in total. The summed E-state index contributed by atoms with van der Waals surface area (Å²) in [4.78, 5) is 13.9. The molecule has 0 aromatic heterocycles. The molecular formula is C11H10N2O. The Morgan fingerprint density at radius 3 is 2.29 bits per heavy atom. The Balaban J connectivity index is 3.10. The molecule has 0 amide bonds. The molecule has 1 rings (SSSR count). The number of benzene rings is 1. The van der Waals surface area contributed by atoms with Crippen LogP contribution in [0.15, 0.2) is 29.3 Å². The minimum atomic E-state index is -0.574. The molecule has 3 heteroatoms. The number of nitrogens with zero attached hydrogens (tertiary/aromatic N) is 2. The molecule has 0 spiro atoms. The highest BCUT2D eigenvalue weighted by atomic mass is 16.1. The molecule has 0 saturated carbocycles. The fourth-order valence-electron chi connectivity index (χ4n) is 1.13. The monoisotopic (exact) mass is 186 g/mol. The molecule has 0 heterocycles. The Morgan fingerprint density at radius 1 is 1.29 bits per heavy atom. The first-order chi connectivity index (χ1) is 6.60. The molecule has 0 aliphatic carbocycles. The van der Waals surface area contributed by atoms with Gasteiger partial charge in [0.1, 0.15) is 0 Å². The van der Waals surface area contributed by atoms with Crippen molar-refractivity contribution >= 4 is 6.08 Å². The quantitative estimate of drug-likeness (QED) is 0.524. The molecular weight excluding hydrogens is 176 g/mol. The molecule has 1 aromatic rings. The van der Waals surface area contributed by atoms with E-state index in [4.69, 9.17) is 5.26 Å². The standard InChI is InChI=1S/C11H10N2O/c1-11(2,13-8-14)10-5-3-9(7-12)4-6-10/h3-6H,1-2H3. The minimum Gasteiger partial charge on any atom is -0.211 e. The lowest BCUT2D eigenvalue weighted by atomic mass is 9.94. The first-order valence-electron chi connectivity index (χ1n) is 4.20. The lowest BCUT2D eigenvalue weighted by Gasteiger charge is -2.17. The molecule has 14 heavy (non-hydrogen) atoms. The fraction of sp³-hybridized carbons (Fsp3) is 0.273. The van der Waals surface area contributed by atoms with E-state index in [1.807, 2.05) is 19.9 Å². The third kappa shape index (κ3) is 2.07. The average Bonchev–Trinajstić information content (AvgIpc) is 2.18. The van der Waals surface area contributed by atoms with Crippen LogP contribution in [0.3, 0.4) is 0 Å². The summed E-state index contributed by atoms with van der Waals surface area (Å²) >= 11 is 0. The van der Waals surface area contributed by atoms with Gasteiger partial charge in [-0.25, -0.2) is 4.79 Å². The van der Waals surface area contributed by atoms with Gasteiger partial charge in [-0.05, 0) is 31.5 Å². The Bertz CT molecular complexity index is 406. The number of carbonyl (C=O) groups excluding carboxylic acids is 1. The second-order valence-electron chi connectivity index (χ2n) is 3.45. The lowest BCUT2D eigenvalue weighted by Crippen LogP contribution is -2.13. The molecule has 0 saturated heterocycles. The second-order valence-corrected chi connectivity index (χ2v) is 3.45. The molecule has 1 aromatic carbocycles. The smallest absolute Gasteiger partial charge is 0.211 e. The first kappa shape index (κ1) is 10.2. The minimum absolute atomic E-state index is 0.574. The van der Waals surface area contributed by atoms with Gasteiger partial charge in [0.05, 0.1) is 17.2 Å². The molecule has 0 fully saturated rings. The first-order valence-corrected chi connectivity index (χ1v) is 4.20. The Labute approximate surface area is 82.7 Å². The van der Waals surface area contributed by atoms with Gasteiger partial charge >= 0.3 is 0 Å². The predicted octanol–water partition coefficient (Wildman–Crippen LogP) is 2.13. The zero-order valence-corrected chi connectivity index (χ0v) is 8.11. The summed E-state index contributed by atoms with van der Waals surface area (Å²) in [6, 6.07) is 9.02. The number of rotatable bonds is 2. The van der Waals surface area contributed by atoms with Crippen LogP contribution >= 0.6 is 0 Å². The topological polar surface area (TPSA) is 53.2 Å². The van der Waals surface area contributed by atoms with Gasteiger partial charge in [0, 0.05) is 0 Å². The van der Waals surface area contributed by atoms with Crippen LogP contribution in [0.25, 0.3) is 0 Å². The van der Waals surface area contributed by atoms with Crippen molar-refractivity contribution in [1.29, 1.82) is 5.26 Å². The highest BCUT2D eigenvalue weighted by molar-refractivity contribution is 5.39. The van der Waals surface area contributed by atoms with Gasteiger partial charge in [0.15, 0.2) is 0 Å². The highest BCUT2D eigenvalue weighted by Crippen LogP contribution is 2.23. The largest absolute Gasteiger partial charge is 0.235 e. The van der Waals surface area contributed by atoms with E-state index in [1.165, 1.54) is 0 Å². The molecule has 70 valence electrons. The van der Waals surface area contributed by atoms with E-state index in [0.717, 1.165) is 5.56 Å². The molecule has 0 aliphatic heterocycles. The van der Waals surface area contributed by atoms with E-state index >= 15 is 0 Å². The van der Waals surface area contributed by atoms with Crippen molar-refractivity contribution in [3.8, 4) is 6.07 Å². The maximum absolute atomic E-state index is 10.2. The van der Waals surface area contributed by atoms with Crippen LogP contribution in [0.1, 0.15) is 25.0 Å². The zero-order valence-electron chi connectivity index (χ0n) is 8.11. The third-order valence-electron chi connectivity index (χ3n) is 2.05. The fourth-order valence-corrected chi connectivity index (χ4v) is 1.13.